The van der Waals surface area contributed by atoms with Gasteiger partial charge in [-0.1, -0.05) is 20.3 Å². The van der Waals surface area contributed by atoms with Crippen LogP contribution in [0.15, 0.2) is 0 Å². The van der Waals surface area contributed by atoms with Crippen LogP contribution < -0.4 is 11.1 Å². The summed E-state index contributed by atoms with van der Waals surface area (Å²) < 4.78 is 0. The van der Waals surface area contributed by atoms with Crippen LogP contribution in [0, 0.1) is 23.7 Å². The van der Waals surface area contributed by atoms with Crippen molar-refractivity contribution in [3.63, 3.8) is 0 Å². The summed E-state index contributed by atoms with van der Waals surface area (Å²) in [6, 6.07) is 0.231. The Hall–Kier alpha value is -0.610. The van der Waals surface area contributed by atoms with Gasteiger partial charge in [0.2, 0.25) is 5.91 Å². The van der Waals surface area contributed by atoms with Crippen molar-refractivity contribution in [1.29, 1.82) is 0 Å². The topological polar surface area (TPSA) is 58.4 Å². The Morgan fingerprint density at radius 1 is 1.29 bits per heavy atom. The average molecular weight is 295 g/mol. The molecule has 2 rings (SSSR count). The summed E-state index contributed by atoms with van der Waals surface area (Å²) >= 11 is 0. The zero-order valence-electron chi connectivity index (χ0n) is 14.0. The van der Waals surface area contributed by atoms with Gasteiger partial charge in [0.05, 0.1) is 0 Å². The van der Waals surface area contributed by atoms with Gasteiger partial charge in [-0.25, -0.2) is 0 Å². The highest BCUT2D eigenvalue weighted by atomic mass is 16.2. The van der Waals surface area contributed by atoms with E-state index in [-0.39, 0.29) is 17.9 Å². The first-order valence-corrected chi connectivity index (χ1v) is 8.72. The molecule has 1 aliphatic heterocycles. The van der Waals surface area contributed by atoms with Crippen molar-refractivity contribution in [1.82, 2.24) is 10.2 Å². The molecule has 2 fully saturated rings. The van der Waals surface area contributed by atoms with Crippen LogP contribution >= 0.6 is 0 Å². The normalized spacial score (nSPS) is 35.6. The molecule has 0 aromatic heterocycles. The van der Waals surface area contributed by atoms with Crippen molar-refractivity contribution in [3.05, 3.63) is 0 Å². The maximum absolute atomic E-state index is 12.4. The molecule has 2 aliphatic rings. The van der Waals surface area contributed by atoms with Gasteiger partial charge in [0.25, 0.3) is 0 Å². The third-order valence-electron chi connectivity index (χ3n) is 5.16. The lowest BCUT2D eigenvalue weighted by atomic mass is 9.91. The Balaban J connectivity index is 1.78. The van der Waals surface area contributed by atoms with E-state index < -0.39 is 0 Å². The Labute approximate surface area is 129 Å². The third kappa shape index (κ3) is 4.68. The summed E-state index contributed by atoms with van der Waals surface area (Å²) in [6.07, 6.45) is 4.61. The van der Waals surface area contributed by atoms with Crippen LogP contribution in [0.25, 0.3) is 0 Å². The minimum absolute atomic E-state index is 0.150. The molecule has 122 valence electrons. The van der Waals surface area contributed by atoms with Crippen molar-refractivity contribution in [2.75, 3.05) is 26.2 Å². The maximum atomic E-state index is 12.4. The van der Waals surface area contributed by atoms with Crippen molar-refractivity contribution in [2.24, 2.45) is 29.4 Å². The number of nitrogens with zero attached hydrogens (tertiary/aromatic N) is 1. The molecule has 0 bridgehead atoms. The summed E-state index contributed by atoms with van der Waals surface area (Å²) in [4.78, 5) is 14.9. The predicted octanol–water partition coefficient (Wildman–Crippen LogP) is 1.84. The molecule has 0 aromatic rings. The first-order valence-electron chi connectivity index (χ1n) is 8.72. The number of carbonyl (C=O) groups is 1. The molecule has 1 amide bonds. The van der Waals surface area contributed by atoms with Crippen molar-refractivity contribution >= 4 is 5.91 Å². The van der Waals surface area contributed by atoms with E-state index in [2.05, 4.69) is 31.0 Å². The van der Waals surface area contributed by atoms with Gasteiger partial charge < -0.3 is 16.0 Å². The number of carbonyl (C=O) groups excluding carboxylic acids is 1. The van der Waals surface area contributed by atoms with E-state index in [1.54, 1.807) is 0 Å². The molecule has 3 unspecified atom stereocenters. The molecule has 1 saturated heterocycles. The van der Waals surface area contributed by atoms with Gasteiger partial charge in [-0.05, 0) is 50.5 Å². The van der Waals surface area contributed by atoms with Gasteiger partial charge in [-0.15, -0.1) is 0 Å². The molecule has 1 saturated carbocycles. The largest absolute Gasteiger partial charge is 0.352 e. The zero-order valence-corrected chi connectivity index (χ0v) is 14.0. The number of rotatable bonds is 5. The number of nitrogens with two attached hydrogens (primary N) is 1. The second-order valence-corrected chi connectivity index (χ2v) is 7.61. The van der Waals surface area contributed by atoms with E-state index in [9.17, 15) is 4.79 Å². The lowest BCUT2D eigenvalue weighted by molar-refractivity contribution is -0.126. The molecule has 3 N–H and O–H groups in total. The SMILES string of the molecule is CC1CC(C)CN(CC(C)NC(=O)[C@@H]2CCC[C@@H]2CN)C1. The minimum Gasteiger partial charge on any atom is -0.352 e. The number of hydrogen-bond donors (Lipinski definition) is 2. The highest BCUT2D eigenvalue weighted by molar-refractivity contribution is 5.79. The van der Waals surface area contributed by atoms with Gasteiger partial charge in [0, 0.05) is 31.6 Å². The van der Waals surface area contributed by atoms with Crippen LogP contribution in [0.4, 0.5) is 0 Å². The highest BCUT2D eigenvalue weighted by Gasteiger charge is 2.32. The van der Waals surface area contributed by atoms with E-state index >= 15 is 0 Å². The first-order chi connectivity index (χ1) is 9.99. The molecule has 21 heavy (non-hydrogen) atoms. The van der Waals surface area contributed by atoms with Gasteiger partial charge in [-0.2, -0.15) is 0 Å². The zero-order chi connectivity index (χ0) is 15.4. The summed E-state index contributed by atoms with van der Waals surface area (Å²) in [5.41, 5.74) is 5.78. The minimum atomic E-state index is 0.150. The van der Waals surface area contributed by atoms with Crippen LogP contribution in [-0.2, 0) is 4.79 Å². The standard InChI is InChI=1S/C17H33N3O/c1-12-7-13(2)10-20(9-12)11-14(3)19-17(21)16-6-4-5-15(16)8-18/h12-16H,4-11,18H2,1-3H3,(H,19,21)/t12?,13?,14?,15-,16-/m1/s1. The van der Waals surface area contributed by atoms with E-state index in [0.29, 0.717) is 12.5 Å². The smallest absolute Gasteiger partial charge is 0.223 e. The lowest BCUT2D eigenvalue weighted by Crippen LogP contribution is -2.48. The average Bonchev–Trinajstić information content (AvgIpc) is 2.85. The number of hydrogen-bond acceptors (Lipinski definition) is 3. The van der Waals surface area contributed by atoms with Crippen LogP contribution in [0.5, 0.6) is 0 Å². The molecule has 0 radical (unpaired) electrons. The second kappa shape index (κ2) is 7.59. The fraction of sp³-hybridized carbons (Fsp3) is 0.941. The Morgan fingerprint density at radius 2 is 1.95 bits per heavy atom. The van der Waals surface area contributed by atoms with Gasteiger partial charge >= 0.3 is 0 Å². The van der Waals surface area contributed by atoms with Gasteiger partial charge in [0.15, 0.2) is 0 Å². The van der Waals surface area contributed by atoms with E-state index in [1.807, 2.05) is 0 Å². The first kappa shape index (κ1) is 16.8. The molecule has 1 aliphatic carbocycles. The second-order valence-electron chi connectivity index (χ2n) is 7.61. The van der Waals surface area contributed by atoms with Crippen LogP contribution in [-0.4, -0.2) is 43.0 Å². The van der Waals surface area contributed by atoms with Crippen LogP contribution in [0.2, 0.25) is 0 Å². The predicted molar refractivity (Wildman–Crippen MR) is 86.9 cm³/mol. The Morgan fingerprint density at radius 3 is 2.57 bits per heavy atom. The Kier molecular flexibility index (Phi) is 6.06. The van der Waals surface area contributed by atoms with Gasteiger partial charge in [-0.3, -0.25) is 4.79 Å². The summed E-state index contributed by atoms with van der Waals surface area (Å²) in [5.74, 6) is 2.32. The maximum Gasteiger partial charge on any atom is 0.223 e. The molecule has 4 heteroatoms. The summed E-state index contributed by atoms with van der Waals surface area (Å²) in [7, 11) is 0. The molecular formula is C17H33N3O. The third-order valence-corrected chi connectivity index (χ3v) is 5.16. The fourth-order valence-corrected chi connectivity index (χ4v) is 4.39. The van der Waals surface area contributed by atoms with Crippen LogP contribution in [0.1, 0.15) is 46.5 Å². The number of piperidine rings is 1. The van der Waals surface area contributed by atoms with E-state index in [1.165, 1.54) is 19.5 Å². The quantitative estimate of drug-likeness (QED) is 0.814. The summed E-state index contributed by atoms with van der Waals surface area (Å²) in [5, 5.41) is 3.23. The molecule has 0 aromatic carbocycles. The van der Waals surface area contributed by atoms with E-state index in [0.717, 1.165) is 37.6 Å². The number of likely N-dealkylation sites (tertiary alicyclic amines) is 1. The molecular weight excluding hydrogens is 262 g/mol. The Bertz CT molecular complexity index is 337. The lowest BCUT2D eigenvalue weighted by Gasteiger charge is -2.36. The molecule has 0 spiro atoms. The fourth-order valence-electron chi connectivity index (χ4n) is 4.39. The number of nitrogens with one attached hydrogen (secondary N) is 1. The van der Waals surface area contributed by atoms with Gasteiger partial charge in [0.1, 0.15) is 0 Å². The van der Waals surface area contributed by atoms with Crippen molar-refractivity contribution in [3.8, 4) is 0 Å². The molecule has 5 atom stereocenters. The summed E-state index contributed by atoms with van der Waals surface area (Å²) in [6.45, 7) is 10.7. The van der Waals surface area contributed by atoms with Crippen LogP contribution in [0.3, 0.4) is 0 Å². The monoisotopic (exact) mass is 295 g/mol. The number of amides is 1. The van der Waals surface area contributed by atoms with Crippen molar-refractivity contribution in [2.45, 2.75) is 52.5 Å². The molecule has 1 heterocycles. The highest BCUT2D eigenvalue weighted by Crippen LogP contribution is 2.31. The van der Waals surface area contributed by atoms with E-state index in [4.69, 9.17) is 5.73 Å². The molecule has 4 nitrogen and oxygen atoms in total. The van der Waals surface area contributed by atoms with Crippen molar-refractivity contribution < 1.29 is 4.79 Å².